The van der Waals surface area contributed by atoms with Gasteiger partial charge in [-0.1, -0.05) is 24.3 Å². The minimum atomic E-state index is 0.562. The van der Waals surface area contributed by atoms with Crippen LogP contribution < -0.4 is 5.32 Å². The second-order valence-electron chi connectivity index (χ2n) is 5.06. The standard InChI is InChI=1S/C17H23N/c1-3-4-5-13-17(18-2)16-12-8-10-14-9-6-7-11-15(14)16/h6-7,9,11,16-18H,5,8,10,12-13H2,1-2H3. The molecule has 1 aromatic carbocycles. The van der Waals surface area contributed by atoms with Crippen molar-refractivity contribution in [3.8, 4) is 11.8 Å². The van der Waals surface area contributed by atoms with Gasteiger partial charge in [-0.3, -0.25) is 0 Å². The van der Waals surface area contributed by atoms with Gasteiger partial charge in [0.2, 0.25) is 0 Å². The van der Waals surface area contributed by atoms with Crippen LogP contribution in [-0.2, 0) is 6.42 Å². The molecule has 1 aliphatic rings. The van der Waals surface area contributed by atoms with E-state index in [1.807, 2.05) is 6.92 Å². The fourth-order valence-electron chi connectivity index (χ4n) is 3.11. The number of rotatable bonds is 4. The van der Waals surface area contributed by atoms with Gasteiger partial charge in [0.25, 0.3) is 0 Å². The minimum Gasteiger partial charge on any atom is -0.316 e. The van der Waals surface area contributed by atoms with Gasteiger partial charge in [-0.05, 0) is 56.7 Å². The maximum absolute atomic E-state index is 3.50. The van der Waals surface area contributed by atoms with E-state index in [-0.39, 0.29) is 0 Å². The Labute approximate surface area is 111 Å². The molecule has 2 rings (SSSR count). The third kappa shape index (κ3) is 2.94. The van der Waals surface area contributed by atoms with Crippen molar-refractivity contribution in [2.24, 2.45) is 0 Å². The molecule has 0 spiro atoms. The number of fused-ring (bicyclic) bond motifs is 1. The SMILES string of the molecule is CC#CCCC(NC)C1CCCc2ccccc21. The van der Waals surface area contributed by atoms with Gasteiger partial charge in [-0.15, -0.1) is 11.8 Å². The van der Waals surface area contributed by atoms with Gasteiger partial charge in [0.15, 0.2) is 0 Å². The molecular weight excluding hydrogens is 218 g/mol. The second-order valence-corrected chi connectivity index (χ2v) is 5.06. The molecule has 1 aromatic rings. The Hall–Kier alpha value is -1.26. The van der Waals surface area contributed by atoms with E-state index >= 15 is 0 Å². The Balaban J connectivity index is 2.13. The molecule has 1 nitrogen and oxygen atoms in total. The Kier molecular flexibility index (Phi) is 4.84. The molecule has 0 saturated carbocycles. The highest BCUT2D eigenvalue weighted by Gasteiger charge is 2.26. The summed E-state index contributed by atoms with van der Waals surface area (Å²) >= 11 is 0. The summed E-state index contributed by atoms with van der Waals surface area (Å²) in [6, 6.07) is 9.51. The first kappa shape index (κ1) is 13.2. The Morgan fingerprint density at radius 2 is 2.22 bits per heavy atom. The van der Waals surface area contributed by atoms with E-state index in [1.165, 1.54) is 19.3 Å². The van der Waals surface area contributed by atoms with Crippen LogP contribution in [0.1, 0.15) is 49.7 Å². The first-order valence-electron chi connectivity index (χ1n) is 7.01. The minimum absolute atomic E-state index is 0.562. The number of hydrogen-bond acceptors (Lipinski definition) is 1. The van der Waals surface area contributed by atoms with Crippen molar-refractivity contribution in [3.05, 3.63) is 35.4 Å². The Bertz CT molecular complexity index is 438. The zero-order chi connectivity index (χ0) is 12.8. The Morgan fingerprint density at radius 1 is 1.39 bits per heavy atom. The van der Waals surface area contributed by atoms with Crippen LogP contribution in [-0.4, -0.2) is 13.1 Å². The average Bonchev–Trinajstić information content (AvgIpc) is 2.43. The molecule has 0 radical (unpaired) electrons. The van der Waals surface area contributed by atoms with Gasteiger partial charge >= 0.3 is 0 Å². The normalized spacial score (nSPS) is 19.6. The Morgan fingerprint density at radius 3 is 3.00 bits per heavy atom. The van der Waals surface area contributed by atoms with Crippen molar-refractivity contribution < 1.29 is 0 Å². The zero-order valence-corrected chi connectivity index (χ0v) is 11.5. The van der Waals surface area contributed by atoms with Crippen molar-refractivity contribution in [2.75, 3.05) is 7.05 Å². The first-order valence-corrected chi connectivity index (χ1v) is 7.01. The number of likely N-dealkylation sites (N-methyl/N-ethyl adjacent to an activating group) is 1. The molecule has 0 amide bonds. The summed E-state index contributed by atoms with van der Waals surface area (Å²) in [7, 11) is 2.08. The lowest BCUT2D eigenvalue weighted by Gasteiger charge is -2.32. The van der Waals surface area contributed by atoms with Crippen molar-refractivity contribution in [1.29, 1.82) is 0 Å². The average molecular weight is 241 g/mol. The van der Waals surface area contributed by atoms with Gasteiger partial charge in [0, 0.05) is 12.5 Å². The van der Waals surface area contributed by atoms with Gasteiger partial charge < -0.3 is 5.32 Å². The molecule has 0 aliphatic heterocycles. The van der Waals surface area contributed by atoms with Crippen LogP contribution in [0.3, 0.4) is 0 Å². The summed E-state index contributed by atoms with van der Waals surface area (Å²) in [5, 5.41) is 3.50. The molecule has 1 aliphatic carbocycles. The molecule has 0 fully saturated rings. The third-order valence-electron chi connectivity index (χ3n) is 4.03. The van der Waals surface area contributed by atoms with E-state index in [0.29, 0.717) is 12.0 Å². The molecule has 1 N–H and O–H groups in total. The van der Waals surface area contributed by atoms with E-state index in [9.17, 15) is 0 Å². The molecule has 2 unspecified atom stereocenters. The monoisotopic (exact) mass is 241 g/mol. The van der Waals surface area contributed by atoms with Gasteiger partial charge in [0.05, 0.1) is 0 Å². The van der Waals surface area contributed by atoms with Crippen LogP contribution in [0.4, 0.5) is 0 Å². The fourth-order valence-corrected chi connectivity index (χ4v) is 3.11. The number of benzene rings is 1. The van der Waals surface area contributed by atoms with Crippen molar-refractivity contribution >= 4 is 0 Å². The summed E-state index contributed by atoms with van der Waals surface area (Å²) in [6.45, 7) is 1.92. The summed E-state index contributed by atoms with van der Waals surface area (Å²) < 4.78 is 0. The predicted octanol–water partition coefficient (Wildman–Crippen LogP) is 3.50. The first-order chi connectivity index (χ1) is 8.86. The third-order valence-corrected chi connectivity index (χ3v) is 4.03. The second kappa shape index (κ2) is 6.61. The maximum Gasteiger partial charge on any atom is 0.0142 e. The van der Waals surface area contributed by atoms with E-state index in [0.717, 1.165) is 12.8 Å². The van der Waals surface area contributed by atoms with Crippen LogP contribution in [0, 0.1) is 11.8 Å². The van der Waals surface area contributed by atoms with Crippen LogP contribution in [0.15, 0.2) is 24.3 Å². The highest BCUT2D eigenvalue weighted by atomic mass is 14.9. The van der Waals surface area contributed by atoms with E-state index < -0.39 is 0 Å². The molecule has 2 atom stereocenters. The van der Waals surface area contributed by atoms with Crippen LogP contribution in [0.2, 0.25) is 0 Å². The lowest BCUT2D eigenvalue weighted by Crippen LogP contribution is -2.34. The molecule has 0 aromatic heterocycles. The predicted molar refractivity (Wildman–Crippen MR) is 77.7 cm³/mol. The summed E-state index contributed by atoms with van der Waals surface area (Å²) in [6.07, 6.45) is 6.02. The van der Waals surface area contributed by atoms with Gasteiger partial charge in [-0.2, -0.15) is 0 Å². The van der Waals surface area contributed by atoms with Crippen LogP contribution in [0.25, 0.3) is 0 Å². The molecule has 0 heterocycles. The van der Waals surface area contributed by atoms with Gasteiger partial charge in [0.1, 0.15) is 0 Å². The maximum atomic E-state index is 3.50. The zero-order valence-electron chi connectivity index (χ0n) is 11.5. The van der Waals surface area contributed by atoms with E-state index in [4.69, 9.17) is 0 Å². The van der Waals surface area contributed by atoms with Gasteiger partial charge in [-0.25, -0.2) is 0 Å². The summed E-state index contributed by atoms with van der Waals surface area (Å²) in [4.78, 5) is 0. The van der Waals surface area contributed by atoms with E-state index in [1.54, 1.807) is 11.1 Å². The van der Waals surface area contributed by atoms with Crippen LogP contribution >= 0.6 is 0 Å². The smallest absolute Gasteiger partial charge is 0.0142 e. The summed E-state index contributed by atoms with van der Waals surface area (Å²) in [5.41, 5.74) is 3.11. The van der Waals surface area contributed by atoms with E-state index in [2.05, 4.69) is 48.5 Å². The highest BCUT2D eigenvalue weighted by Crippen LogP contribution is 2.35. The van der Waals surface area contributed by atoms with Crippen molar-refractivity contribution in [2.45, 2.75) is 51.0 Å². The molecule has 96 valence electrons. The number of hydrogen-bond donors (Lipinski definition) is 1. The molecular formula is C17H23N. The lowest BCUT2D eigenvalue weighted by atomic mass is 9.77. The molecule has 0 saturated heterocycles. The fraction of sp³-hybridized carbons (Fsp3) is 0.529. The lowest BCUT2D eigenvalue weighted by molar-refractivity contribution is 0.397. The highest BCUT2D eigenvalue weighted by molar-refractivity contribution is 5.33. The largest absolute Gasteiger partial charge is 0.316 e. The molecule has 1 heteroatoms. The number of nitrogens with one attached hydrogen (secondary N) is 1. The molecule has 0 bridgehead atoms. The summed E-state index contributed by atoms with van der Waals surface area (Å²) in [5.74, 6) is 6.84. The van der Waals surface area contributed by atoms with Crippen LogP contribution in [0.5, 0.6) is 0 Å². The van der Waals surface area contributed by atoms with Crippen molar-refractivity contribution in [3.63, 3.8) is 0 Å². The van der Waals surface area contributed by atoms with Crippen molar-refractivity contribution in [1.82, 2.24) is 5.32 Å². The molecule has 18 heavy (non-hydrogen) atoms. The topological polar surface area (TPSA) is 12.0 Å². The number of aryl methyl sites for hydroxylation is 1. The quantitative estimate of drug-likeness (QED) is 0.796.